The Kier molecular flexibility index (Phi) is 4.78. The van der Waals surface area contributed by atoms with Gasteiger partial charge in [-0.2, -0.15) is 0 Å². The van der Waals surface area contributed by atoms with Gasteiger partial charge in [-0.1, -0.05) is 0 Å². The molecular weight excluding hydrogens is 308 g/mol. The summed E-state index contributed by atoms with van der Waals surface area (Å²) in [5.41, 5.74) is 2.21. The Labute approximate surface area is 141 Å². The minimum absolute atomic E-state index is 0.0169. The van der Waals surface area contributed by atoms with E-state index in [0.29, 0.717) is 6.54 Å². The molecule has 7 heteroatoms. The van der Waals surface area contributed by atoms with Crippen LogP contribution < -0.4 is 5.32 Å². The number of hydrogen-bond acceptors (Lipinski definition) is 4. The molecule has 128 valence electrons. The number of aryl methyl sites for hydroxylation is 2. The number of carbonyl (C=O) groups excluding carboxylic acids is 3. The minimum atomic E-state index is -0.476. The molecule has 3 heterocycles. The van der Waals surface area contributed by atoms with Gasteiger partial charge in [-0.15, -0.1) is 0 Å². The van der Waals surface area contributed by atoms with Crippen molar-refractivity contribution in [2.24, 2.45) is 0 Å². The molecule has 1 aromatic heterocycles. The predicted molar refractivity (Wildman–Crippen MR) is 87.1 cm³/mol. The lowest BCUT2D eigenvalue weighted by Crippen LogP contribution is -2.45. The SMILES string of the molecule is Cc1cc(CC[C@H]2CCCN2C(=O)CN2C(=O)CNC2=O)ccn1. The van der Waals surface area contributed by atoms with Gasteiger partial charge >= 0.3 is 6.03 Å². The Bertz CT molecular complexity index is 645. The number of nitrogens with one attached hydrogen (secondary N) is 1. The summed E-state index contributed by atoms with van der Waals surface area (Å²) in [5.74, 6) is -0.481. The molecule has 2 saturated heterocycles. The van der Waals surface area contributed by atoms with Crippen LogP contribution in [0, 0.1) is 6.92 Å². The highest BCUT2D eigenvalue weighted by Crippen LogP contribution is 2.22. The molecule has 0 saturated carbocycles. The number of likely N-dealkylation sites (tertiary alicyclic amines) is 1. The third-order valence-corrected chi connectivity index (χ3v) is 4.66. The molecule has 0 aromatic carbocycles. The maximum atomic E-state index is 12.5. The normalized spacial score (nSPS) is 20.6. The van der Waals surface area contributed by atoms with Crippen molar-refractivity contribution in [3.63, 3.8) is 0 Å². The van der Waals surface area contributed by atoms with Crippen molar-refractivity contribution in [1.82, 2.24) is 20.1 Å². The Balaban J connectivity index is 1.57. The highest BCUT2D eigenvalue weighted by atomic mass is 16.2. The van der Waals surface area contributed by atoms with E-state index in [1.807, 2.05) is 17.9 Å². The van der Waals surface area contributed by atoms with E-state index in [4.69, 9.17) is 0 Å². The molecule has 0 aliphatic carbocycles. The van der Waals surface area contributed by atoms with E-state index in [0.717, 1.165) is 36.3 Å². The summed E-state index contributed by atoms with van der Waals surface area (Å²) >= 11 is 0. The van der Waals surface area contributed by atoms with Crippen LogP contribution in [0.3, 0.4) is 0 Å². The van der Waals surface area contributed by atoms with Gasteiger partial charge in [0.25, 0.3) is 5.91 Å². The number of urea groups is 1. The number of pyridine rings is 1. The summed E-state index contributed by atoms with van der Waals surface area (Å²) in [6, 6.07) is 3.76. The highest BCUT2D eigenvalue weighted by molar-refractivity contribution is 6.04. The van der Waals surface area contributed by atoms with Crippen LogP contribution in [0.4, 0.5) is 4.79 Å². The molecule has 2 fully saturated rings. The van der Waals surface area contributed by atoms with Crippen molar-refractivity contribution in [3.05, 3.63) is 29.6 Å². The minimum Gasteiger partial charge on any atom is -0.338 e. The van der Waals surface area contributed by atoms with Crippen LogP contribution in [-0.2, 0) is 16.0 Å². The summed E-state index contributed by atoms with van der Waals surface area (Å²) < 4.78 is 0. The fourth-order valence-electron chi connectivity index (χ4n) is 3.40. The van der Waals surface area contributed by atoms with E-state index in [-0.39, 0.29) is 30.9 Å². The Morgan fingerprint density at radius 3 is 2.96 bits per heavy atom. The molecule has 0 radical (unpaired) electrons. The molecule has 0 spiro atoms. The third-order valence-electron chi connectivity index (χ3n) is 4.66. The Morgan fingerprint density at radius 2 is 2.25 bits per heavy atom. The highest BCUT2D eigenvalue weighted by Gasteiger charge is 2.34. The number of amides is 4. The van der Waals surface area contributed by atoms with Crippen molar-refractivity contribution in [2.75, 3.05) is 19.6 Å². The molecule has 24 heavy (non-hydrogen) atoms. The molecule has 4 amide bonds. The van der Waals surface area contributed by atoms with Gasteiger partial charge in [-0.25, -0.2) is 4.79 Å². The van der Waals surface area contributed by atoms with Crippen LogP contribution >= 0.6 is 0 Å². The fraction of sp³-hybridized carbons (Fsp3) is 0.529. The van der Waals surface area contributed by atoms with Gasteiger partial charge in [0, 0.05) is 24.5 Å². The van der Waals surface area contributed by atoms with Gasteiger partial charge < -0.3 is 10.2 Å². The van der Waals surface area contributed by atoms with Gasteiger partial charge in [0.05, 0.1) is 6.54 Å². The first kappa shape index (κ1) is 16.4. The molecule has 1 atom stereocenters. The largest absolute Gasteiger partial charge is 0.338 e. The molecule has 3 rings (SSSR count). The smallest absolute Gasteiger partial charge is 0.325 e. The van der Waals surface area contributed by atoms with Crippen LogP contribution in [-0.4, -0.2) is 58.3 Å². The summed E-state index contributed by atoms with van der Waals surface area (Å²) in [6.07, 6.45) is 5.51. The molecule has 1 N–H and O–H groups in total. The number of imide groups is 1. The predicted octanol–water partition coefficient (Wildman–Crippen LogP) is 0.865. The van der Waals surface area contributed by atoms with E-state index >= 15 is 0 Å². The van der Waals surface area contributed by atoms with Gasteiger partial charge in [0.2, 0.25) is 5.91 Å². The van der Waals surface area contributed by atoms with E-state index in [9.17, 15) is 14.4 Å². The van der Waals surface area contributed by atoms with Crippen molar-refractivity contribution >= 4 is 17.8 Å². The second-order valence-corrected chi connectivity index (χ2v) is 6.37. The fourth-order valence-corrected chi connectivity index (χ4v) is 3.40. The summed E-state index contributed by atoms with van der Waals surface area (Å²) in [7, 11) is 0. The maximum absolute atomic E-state index is 12.5. The van der Waals surface area contributed by atoms with Crippen LogP contribution in [0.2, 0.25) is 0 Å². The zero-order valence-corrected chi connectivity index (χ0v) is 13.8. The number of rotatable bonds is 5. The van der Waals surface area contributed by atoms with Crippen molar-refractivity contribution in [1.29, 1.82) is 0 Å². The van der Waals surface area contributed by atoms with Crippen LogP contribution in [0.25, 0.3) is 0 Å². The van der Waals surface area contributed by atoms with E-state index in [1.54, 1.807) is 6.20 Å². The van der Waals surface area contributed by atoms with Crippen LogP contribution in [0.15, 0.2) is 18.3 Å². The van der Waals surface area contributed by atoms with Crippen molar-refractivity contribution < 1.29 is 14.4 Å². The van der Waals surface area contributed by atoms with E-state index in [2.05, 4.69) is 16.4 Å². The standard InChI is InChI=1S/C17H22N4O3/c1-12-9-13(6-7-18-12)4-5-14-3-2-8-20(14)16(23)11-21-15(22)10-19-17(21)24/h6-7,9,14H,2-5,8,10-11H2,1H3,(H,19,24)/t14-/m1/s1. The molecule has 7 nitrogen and oxygen atoms in total. The lowest BCUT2D eigenvalue weighted by molar-refractivity contribution is -0.137. The molecule has 0 unspecified atom stereocenters. The van der Waals surface area contributed by atoms with Gasteiger partial charge in [0.1, 0.15) is 6.54 Å². The number of aromatic nitrogens is 1. The van der Waals surface area contributed by atoms with Gasteiger partial charge in [-0.05, 0) is 50.3 Å². The second kappa shape index (κ2) is 6.98. The van der Waals surface area contributed by atoms with Crippen molar-refractivity contribution in [3.8, 4) is 0 Å². The van der Waals surface area contributed by atoms with E-state index < -0.39 is 6.03 Å². The van der Waals surface area contributed by atoms with Crippen LogP contribution in [0.5, 0.6) is 0 Å². The molecule has 1 aromatic rings. The number of carbonyl (C=O) groups is 3. The zero-order chi connectivity index (χ0) is 17.1. The first-order valence-electron chi connectivity index (χ1n) is 8.34. The lowest BCUT2D eigenvalue weighted by Gasteiger charge is -2.26. The Morgan fingerprint density at radius 1 is 1.42 bits per heavy atom. The average molecular weight is 330 g/mol. The second-order valence-electron chi connectivity index (χ2n) is 6.37. The monoisotopic (exact) mass is 330 g/mol. The Hall–Kier alpha value is -2.44. The maximum Gasteiger partial charge on any atom is 0.325 e. The molecule has 2 aliphatic rings. The van der Waals surface area contributed by atoms with Gasteiger partial charge in [0.15, 0.2) is 0 Å². The van der Waals surface area contributed by atoms with Crippen molar-refractivity contribution in [2.45, 2.75) is 38.6 Å². The number of nitrogens with zero attached hydrogens (tertiary/aromatic N) is 3. The average Bonchev–Trinajstić information content (AvgIpc) is 3.15. The first-order chi connectivity index (χ1) is 11.5. The van der Waals surface area contributed by atoms with Gasteiger partial charge in [-0.3, -0.25) is 19.5 Å². The molecule has 0 bridgehead atoms. The zero-order valence-electron chi connectivity index (χ0n) is 13.8. The molecule has 2 aliphatic heterocycles. The third kappa shape index (κ3) is 3.55. The summed E-state index contributed by atoms with van der Waals surface area (Å²) in [5, 5.41) is 2.44. The quantitative estimate of drug-likeness (QED) is 0.812. The first-order valence-corrected chi connectivity index (χ1v) is 8.34. The summed E-state index contributed by atoms with van der Waals surface area (Å²) in [4.78, 5) is 42.7. The van der Waals surface area contributed by atoms with Crippen LogP contribution in [0.1, 0.15) is 30.5 Å². The lowest BCUT2D eigenvalue weighted by atomic mass is 10.0. The topological polar surface area (TPSA) is 82.6 Å². The number of hydrogen-bond donors (Lipinski definition) is 1. The molecular formula is C17H22N4O3. The summed E-state index contributed by atoms with van der Waals surface area (Å²) in [6.45, 7) is 2.49. The van der Waals surface area contributed by atoms with E-state index in [1.165, 1.54) is 5.56 Å².